The van der Waals surface area contributed by atoms with Crippen LogP contribution in [0.25, 0.3) is 22.2 Å². The summed E-state index contributed by atoms with van der Waals surface area (Å²) in [7, 11) is 3.44. The molecule has 0 aliphatic heterocycles. The first-order chi connectivity index (χ1) is 11.5. The number of carboxylic acids is 1. The lowest BCUT2D eigenvalue weighted by Gasteiger charge is -2.16. The minimum absolute atomic E-state index is 0.619. The predicted molar refractivity (Wildman–Crippen MR) is 89.0 cm³/mol. The Kier molecular flexibility index (Phi) is 3.09. The monoisotopic (exact) mass is 323 g/mol. The molecule has 0 bridgehead atoms. The van der Waals surface area contributed by atoms with Crippen molar-refractivity contribution in [3.63, 3.8) is 0 Å². The second-order valence-corrected chi connectivity index (χ2v) is 6.20. The van der Waals surface area contributed by atoms with Crippen LogP contribution in [0.5, 0.6) is 5.75 Å². The zero-order valence-corrected chi connectivity index (χ0v) is 13.5. The van der Waals surface area contributed by atoms with Crippen molar-refractivity contribution < 1.29 is 14.6 Å². The second kappa shape index (κ2) is 5.06. The summed E-state index contributed by atoms with van der Waals surface area (Å²) in [6.07, 6.45) is 4.79. The number of aromatic nitrogens is 3. The normalized spacial score (nSPS) is 15.4. The number of hydrogen-bond donors (Lipinski definition) is 1. The fourth-order valence-electron chi connectivity index (χ4n) is 3.17. The van der Waals surface area contributed by atoms with Gasteiger partial charge in [-0.2, -0.15) is 5.10 Å². The second-order valence-electron chi connectivity index (χ2n) is 6.20. The minimum atomic E-state index is -0.814. The number of carbonyl (C=O) groups is 1. The summed E-state index contributed by atoms with van der Waals surface area (Å²) in [6.45, 7) is 0. The van der Waals surface area contributed by atoms with Gasteiger partial charge in [-0.05, 0) is 36.6 Å². The number of aliphatic carboxylic acids is 1. The van der Waals surface area contributed by atoms with Crippen molar-refractivity contribution in [2.45, 2.75) is 18.3 Å². The zero-order chi connectivity index (χ0) is 16.9. The van der Waals surface area contributed by atoms with Gasteiger partial charge in [-0.25, -0.2) is 0 Å². The number of pyridine rings is 1. The van der Waals surface area contributed by atoms with E-state index in [2.05, 4.69) is 10.1 Å². The molecular formula is C18H17N3O3. The number of nitrogens with zero attached hydrogens (tertiary/aromatic N) is 3. The number of aryl methyl sites for hydroxylation is 1. The van der Waals surface area contributed by atoms with Gasteiger partial charge in [-0.1, -0.05) is 6.07 Å². The number of ether oxygens (including phenoxy) is 1. The first kappa shape index (κ1) is 14.7. The highest BCUT2D eigenvalue weighted by molar-refractivity contribution is 5.87. The number of carboxylic acid groups (broad SMARTS) is 1. The molecule has 1 aliphatic rings. The Hall–Kier alpha value is -2.89. The first-order valence-corrected chi connectivity index (χ1v) is 7.75. The molecule has 6 heteroatoms. The SMILES string of the molecule is COc1ccc(-c2cnc3cnn(C)c3c2)cc1C1(C(=O)O)CC1. The third kappa shape index (κ3) is 2.06. The Morgan fingerprint density at radius 1 is 1.25 bits per heavy atom. The van der Waals surface area contributed by atoms with E-state index < -0.39 is 11.4 Å². The van der Waals surface area contributed by atoms with Crippen molar-refractivity contribution in [2.24, 2.45) is 7.05 Å². The van der Waals surface area contributed by atoms with Crippen molar-refractivity contribution in [3.05, 3.63) is 42.2 Å². The molecule has 0 saturated heterocycles. The molecule has 2 aromatic heterocycles. The molecule has 0 atom stereocenters. The Bertz CT molecular complexity index is 957. The van der Waals surface area contributed by atoms with E-state index in [-0.39, 0.29) is 0 Å². The van der Waals surface area contributed by atoms with E-state index >= 15 is 0 Å². The molecule has 0 amide bonds. The van der Waals surface area contributed by atoms with Gasteiger partial charge in [0.2, 0.25) is 0 Å². The maximum absolute atomic E-state index is 11.7. The summed E-state index contributed by atoms with van der Waals surface area (Å²) < 4.78 is 7.17. The Morgan fingerprint density at radius 3 is 2.71 bits per heavy atom. The highest BCUT2D eigenvalue weighted by Crippen LogP contribution is 2.52. The Labute approximate surface area is 138 Å². The molecule has 1 N–H and O–H groups in total. The number of fused-ring (bicyclic) bond motifs is 1. The van der Waals surface area contributed by atoms with E-state index in [1.165, 1.54) is 0 Å². The van der Waals surface area contributed by atoms with Crippen LogP contribution in [0.15, 0.2) is 36.7 Å². The molecule has 0 unspecified atom stereocenters. The van der Waals surface area contributed by atoms with Gasteiger partial charge in [0.05, 0.1) is 24.2 Å². The molecule has 0 spiro atoms. The number of methoxy groups -OCH3 is 1. The lowest BCUT2D eigenvalue weighted by Crippen LogP contribution is -2.20. The third-order valence-electron chi connectivity index (χ3n) is 4.81. The summed E-state index contributed by atoms with van der Waals surface area (Å²) in [6, 6.07) is 7.70. The van der Waals surface area contributed by atoms with E-state index in [1.54, 1.807) is 24.2 Å². The molecule has 4 rings (SSSR count). The maximum atomic E-state index is 11.7. The van der Waals surface area contributed by atoms with Gasteiger partial charge in [0, 0.05) is 24.4 Å². The number of rotatable bonds is 4. The molecule has 3 aromatic rings. The van der Waals surface area contributed by atoms with Crippen LogP contribution in [0.2, 0.25) is 0 Å². The van der Waals surface area contributed by atoms with E-state index in [0.717, 1.165) is 27.7 Å². The Balaban J connectivity index is 1.86. The summed E-state index contributed by atoms with van der Waals surface area (Å²) in [5.74, 6) is -0.175. The highest BCUT2D eigenvalue weighted by atomic mass is 16.5. The molecule has 122 valence electrons. The summed E-state index contributed by atoms with van der Waals surface area (Å²) in [5.41, 5.74) is 3.54. The van der Waals surface area contributed by atoms with Crippen LogP contribution in [0.4, 0.5) is 0 Å². The van der Waals surface area contributed by atoms with Crippen LogP contribution in [-0.4, -0.2) is 33.0 Å². The Morgan fingerprint density at radius 2 is 2.04 bits per heavy atom. The average Bonchev–Trinajstić information content (AvgIpc) is 3.34. The molecule has 24 heavy (non-hydrogen) atoms. The molecule has 1 aliphatic carbocycles. The largest absolute Gasteiger partial charge is 0.496 e. The van der Waals surface area contributed by atoms with E-state index in [9.17, 15) is 9.90 Å². The minimum Gasteiger partial charge on any atom is -0.496 e. The molecule has 1 saturated carbocycles. The van der Waals surface area contributed by atoms with Crippen molar-refractivity contribution >= 4 is 17.0 Å². The number of hydrogen-bond acceptors (Lipinski definition) is 4. The summed E-state index contributed by atoms with van der Waals surface area (Å²) >= 11 is 0. The summed E-state index contributed by atoms with van der Waals surface area (Å²) in [4.78, 5) is 16.1. The van der Waals surface area contributed by atoms with Gasteiger partial charge < -0.3 is 9.84 Å². The van der Waals surface area contributed by atoms with Crippen molar-refractivity contribution in [1.29, 1.82) is 0 Å². The summed E-state index contributed by atoms with van der Waals surface area (Å²) in [5, 5.41) is 13.8. The lowest BCUT2D eigenvalue weighted by molar-refractivity contribution is -0.140. The van der Waals surface area contributed by atoms with Crippen molar-refractivity contribution in [1.82, 2.24) is 14.8 Å². The van der Waals surface area contributed by atoms with Crippen LogP contribution >= 0.6 is 0 Å². The molecule has 1 fully saturated rings. The van der Waals surface area contributed by atoms with Gasteiger partial charge in [0.15, 0.2) is 0 Å². The highest BCUT2D eigenvalue weighted by Gasteiger charge is 2.53. The fourth-order valence-corrected chi connectivity index (χ4v) is 3.17. The molecule has 6 nitrogen and oxygen atoms in total. The zero-order valence-electron chi connectivity index (χ0n) is 13.5. The van der Waals surface area contributed by atoms with Crippen LogP contribution in [0.3, 0.4) is 0 Å². The maximum Gasteiger partial charge on any atom is 0.314 e. The van der Waals surface area contributed by atoms with Crippen LogP contribution in [0.1, 0.15) is 18.4 Å². The van der Waals surface area contributed by atoms with Crippen LogP contribution in [0, 0.1) is 0 Å². The smallest absolute Gasteiger partial charge is 0.314 e. The number of benzene rings is 1. The van der Waals surface area contributed by atoms with Gasteiger partial charge >= 0.3 is 5.97 Å². The van der Waals surface area contributed by atoms with Crippen molar-refractivity contribution in [3.8, 4) is 16.9 Å². The van der Waals surface area contributed by atoms with Crippen LogP contribution in [-0.2, 0) is 17.3 Å². The average molecular weight is 323 g/mol. The van der Waals surface area contributed by atoms with E-state index in [0.29, 0.717) is 18.6 Å². The molecule has 1 aromatic carbocycles. The topological polar surface area (TPSA) is 77.2 Å². The van der Waals surface area contributed by atoms with Gasteiger partial charge in [0.1, 0.15) is 11.3 Å². The molecular weight excluding hydrogens is 306 g/mol. The predicted octanol–water partition coefficient (Wildman–Crippen LogP) is 2.76. The van der Waals surface area contributed by atoms with E-state index in [4.69, 9.17) is 4.74 Å². The van der Waals surface area contributed by atoms with Gasteiger partial charge in [-0.3, -0.25) is 14.5 Å². The van der Waals surface area contributed by atoms with Crippen molar-refractivity contribution in [2.75, 3.05) is 7.11 Å². The quantitative estimate of drug-likeness (QED) is 0.799. The first-order valence-electron chi connectivity index (χ1n) is 7.75. The van der Waals surface area contributed by atoms with Crippen LogP contribution < -0.4 is 4.74 Å². The fraction of sp³-hybridized carbons (Fsp3) is 0.278. The molecule has 2 heterocycles. The standard InChI is InChI=1S/C18H17N3O3/c1-21-15-8-12(9-19-14(15)10-20-21)11-3-4-16(24-2)13(7-11)18(5-6-18)17(22)23/h3-4,7-10H,5-6H2,1-2H3,(H,22,23). The third-order valence-corrected chi connectivity index (χ3v) is 4.81. The molecule has 0 radical (unpaired) electrons. The lowest BCUT2D eigenvalue weighted by atomic mass is 9.92. The van der Waals surface area contributed by atoms with E-state index in [1.807, 2.05) is 31.3 Å². The van der Waals surface area contributed by atoms with Gasteiger partial charge in [-0.15, -0.1) is 0 Å². The van der Waals surface area contributed by atoms with Gasteiger partial charge in [0.25, 0.3) is 0 Å².